The maximum atomic E-state index is 13.0. The molecule has 0 aromatic heterocycles. The third-order valence-corrected chi connectivity index (χ3v) is 5.28. The monoisotopic (exact) mass is 405 g/mol. The molecule has 0 saturated carbocycles. The molecule has 150 valence electrons. The molecule has 1 aliphatic rings. The third-order valence-electron chi connectivity index (χ3n) is 4.67. The van der Waals surface area contributed by atoms with Crippen LogP contribution in [0.5, 0.6) is 0 Å². The summed E-state index contributed by atoms with van der Waals surface area (Å²) < 4.78 is 38.1. The summed E-state index contributed by atoms with van der Waals surface area (Å²) >= 11 is 0. The highest BCUT2D eigenvalue weighted by Gasteiger charge is 2.21. The molecule has 6 nitrogen and oxygen atoms in total. The lowest BCUT2D eigenvalue weighted by atomic mass is 10.0. The van der Waals surface area contributed by atoms with E-state index in [1.165, 1.54) is 18.2 Å². The number of carbonyl (C=O) groups excluding carboxylic acids is 1. The predicted molar refractivity (Wildman–Crippen MR) is 107 cm³/mol. The summed E-state index contributed by atoms with van der Waals surface area (Å²) in [5, 5.41) is 3.02. The molecule has 2 aromatic carbocycles. The number of benzene rings is 2. The average molecular weight is 405 g/mol. The smallest absolute Gasteiger partial charge is 0.251 e. The lowest BCUT2D eigenvalue weighted by molar-refractivity contribution is 0.0909. The molecule has 8 heteroatoms. The molecule has 1 heterocycles. The summed E-state index contributed by atoms with van der Waals surface area (Å²) in [5.74, 6) is -0.449. The highest BCUT2D eigenvalue weighted by atomic mass is 32.2. The van der Waals surface area contributed by atoms with Gasteiger partial charge in [-0.3, -0.25) is 14.4 Å². The van der Waals surface area contributed by atoms with Gasteiger partial charge in [-0.25, -0.2) is 12.8 Å². The maximum absolute atomic E-state index is 13.0. The second kappa shape index (κ2) is 8.70. The van der Waals surface area contributed by atoms with Crippen LogP contribution in [0.2, 0.25) is 0 Å². The summed E-state index contributed by atoms with van der Waals surface area (Å²) in [4.78, 5) is 14.8. The Hall–Kier alpha value is -2.45. The van der Waals surface area contributed by atoms with Crippen molar-refractivity contribution in [3.63, 3.8) is 0 Å². The number of rotatable bonds is 6. The number of sulfonamides is 1. The van der Waals surface area contributed by atoms with Crippen molar-refractivity contribution in [3.8, 4) is 0 Å². The molecule has 0 aliphatic carbocycles. The summed E-state index contributed by atoms with van der Waals surface area (Å²) in [5.41, 5.74) is 1.85. The van der Waals surface area contributed by atoms with Crippen LogP contribution in [0.4, 0.5) is 10.1 Å². The fourth-order valence-corrected chi connectivity index (χ4v) is 3.85. The van der Waals surface area contributed by atoms with E-state index in [1.54, 1.807) is 30.3 Å². The van der Waals surface area contributed by atoms with E-state index in [1.807, 2.05) is 0 Å². The number of hydrogen-bond donors (Lipinski definition) is 2. The quantitative estimate of drug-likeness (QED) is 0.774. The van der Waals surface area contributed by atoms with Crippen LogP contribution in [0.3, 0.4) is 0 Å². The summed E-state index contributed by atoms with van der Waals surface area (Å²) in [6.07, 6.45) is 2.72. The molecule has 28 heavy (non-hydrogen) atoms. The van der Waals surface area contributed by atoms with Gasteiger partial charge in [-0.1, -0.05) is 18.2 Å². The van der Waals surface area contributed by atoms with Crippen LogP contribution in [0.25, 0.3) is 0 Å². The van der Waals surface area contributed by atoms with E-state index in [4.69, 9.17) is 0 Å². The zero-order valence-electron chi connectivity index (χ0n) is 15.7. The Labute approximate surface area is 164 Å². The van der Waals surface area contributed by atoms with Crippen molar-refractivity contribution < 1.29 is 17.6 Å². The number of nitrogens with one attached hydrogen (secondary N) is 2. The first-order valence-electron chi connectivity index (χ1n) is 9.14. The first kappa shape index (κ1) is 20.3. The van der Waals surface area contributed by atoms with Gasteiger partial charge in [0.1, 0.15) is 5.82 Å². The van der Waals surface area contributed by atoms with E-state index in [0.717, 1.165) is 44.3 Å². The Morgan fingerprint density at radius 3 is 2.46 bits per heavy atom. The third kappa shape index (κ3) is 6.03. The standard InChI is InChI=1S/C20H24FN3O3S/c1-28(26,27)23-19-4-2-3-16(13-19)20(25)22-18-9-11-24(12-10-18)14-15-5-7-17(21)8-6-15/h2-8,13,18,23H,9-12,14H2,1H3,(H,22,25). The summed E-state index contributed by atoms with van der Waals surface area (Å²) in [7, 11) is -3.39. The van der Waals surface area contributed by atoms with E-state index in [-0.39, 0.29) is 17.8 Å². The Balaban J connectivity index is 1.51. The molecule has 2 aromatic rings. The number of likely N-dealkylation sites (tertiary alicyclic amines) is 1. The van der Waals surface area contributed by atoms with Gasteiger partial charge >= 0.3 is 0 Å². The number of halogens is 1. The second-order valence-electron chi connectivity index (χ2n) is 7.11. The minimum Gasteiger partial charge on any atom is -0.349 e. The van der Waals surface area contributed by atoms with E-state index in [2.05, 4.69) is 14.9 Å². The van der Waals surface area contributed by atoms with Crippen LogP contribution in [0, 0.1) is 5.82 Å². The fourth-order valence-electron chi connectivity index (χ4n) is 3.29. The van der Waals surface area contributed by atoms with Crippen molar-refractivity contribution in [2.75, 3.05) is 24.1 Å². The van der Waals surface area contributed by atoms with E-state index < -0.39 is 10.0 Å². The lowest BCUT2D eigenvalue weighted by Crippen LogP contribution is -2.44. The summed E-state index contributed by atoms with van der Waals surface area (Å²) in [6, 6.07) is 13.0. The molecular weight excluding hydrogens is 381 g/mol. The van der Waals surface area contributed by atoms with Crippen molar-refractivity contribution in [1.82, 2.24) is 10.2 Å². The zero-order chi connectivity index (χ0) is 20.1. The Morgan fingerprint density at radius 2 is 1.82 bits per heavy atom. The molecule has 1 aliphatic heterocycles. The normalized spacial score (nSPS) is 15.9. The van der Waals surface area contributed by atoms with Gasteiger partial charge in [-0.05, 0) is 48.7 Å². The van der Waals surface area contributed by atoms with Crippen molar-refractivity contribution in [1.29, 1.82) is 0 Å². The zero-order valence-corrected chi connectivity index (χ0v) is 16.5. The van der Waals surface area contributed by atoms with Gasteiger partial charge in [0.05, 0.1) is 6.26 Å². The van der Waals surface area contributed by atoms with Crippen LogP contribution < -0.4 is 10.0 Å². The van der Waals surface area contributed by atoms with Gasteiger partial charge in [0.15, 0.2) is 0 Å². The van der Waals surface area contributed by atoms with Gasteiger partial charge in [0.25, 0.3) is 5.91 Å². The summed E-state index contributed by atoms with van der Waals surface area (Å²) in [6.45, 7) is 2.45. The Bertz CT molecular complexity index is 924. The van der Waals surface area contributed by atoms with Crippen LogP contribution in [-0.2, 0) is 16.6 Å². The SMILES string of the molecule is CS(=O)(=O)Nc1cccc(C(=O)NC2CCN(Cc3ccc(F)cc3)CC2)c1. The van der Waals surface area contributed by atoms with Gasteiger partial charge < -0.3 is 5.32 Å². The molecule has 0 spiro atoms. The molecule has 0 unspecified atom stereocenters. The minimum absolute atomic E-state index is 0.0727. The van der Waals surface area contributed by atoms with E-state index in [9.17, 15) is 17.6 Å². The Kier molecular flexibility index (Phi) is 6.31. The van der Waals surface area contributed by atoms with Gasteiger partial charge in [-0.2, -0.15) is 0 Å². The van der Waals surface area contributed by atoms with Crippen molar-refractivity contribution in [2.24, 2.45) is 0 Å². The molecule has 2 N–H and O–H groups in total. The molecule has 0 bridgehead atoms. The van der Waals surface area contributed by atoms with Gasteiger partial charge in [0.2, 0.25) is 10.0 Å². The molecule has 1 amide bonds. The van der Waals surface area contributed by atoms with Crippen molar-refractivity contribution >= 4 is 21.6 Å². The van der Waals surface area contributed by atoms with Crippen LogP contribution >= 0.6 is 0 Å². The van der Waals surface area contributed by atoms with E-state index in [0.29, 0.717) is 11.3 Å². The Morgan fingerprint density at radius 1 is 1.14 bits per heavy atom. The van der Waals surface area contributed by atoms with E-state index >= 15 is 0 Å². The number of amides is 1. The van der Waals surface area contributed by atoms with Gasteiger partial charge in [-0.15, -0.1) is 0 Å². The molecule has 3 rings (SSSR count). The number of piperidine rings is 1. The van der Waals surface area contributed by atoms with Crippen LogP contribution in [-0.4, -0.2) is 44.6 Å². The number of nitrogens with zero attached hydrogens (tertiary/aromatic N) is 1. The van der Waals surface area contributed by atoms with Gasteiger partial charge in [0, 0.05) is 36.9 Å². The van der Waals surface area contributed by atoms with Crippen molar-refractivity contribution in [3.05, 3.63) is 65.5 Å². The highest BCUT2D eigenvalue weighted by molar-refractivity contribution is 7.92. The largest absolute Gasteiger partial charge is 0.349 e. The highest BCUT2D eigenvalue weighted by Crippen LogP contribution is 2.16. The molecule has 1 fully saturated rings. The van der Waals surface area contributed by atoms with Crippen LogP contribution in [0.1, 0.15) is 28.8 Å². The minimum atomic E-state index is -3.39. The fraction of sp³-hybridized carbons (Fsp3) is 0.350. The average Bonchev–Trinajstić information content (AvgIpc) is 2.64. The lowest BCUT2D eigenvalue weighted by Gasteiger charge is -2.32. The molecule has 0 atom stereocenters. The first-order chi connectivity index (χ1) is 13.3. The maximum Gasteiger partial charge on any atom is 0.251 e. The van der Waals surface area contributed by atoms with Crippen molar-refractivity contribution in [2.45, 2.75) is 25.4 Å². The molecule has 1 saturated heterocycles. The predicted octanol–water partition coefficient (Wildman–Crippen LogP) is 2.59. The number of carbonyl (C=O) groups is 1. The topological polar surface area (TPSA) is 78.5 Å². The van der Waals surface area contributed by atoms with Crippen LogP contribution in [0.15, 0.2) is 48.5 Å². The number of hydrogen-bond acceptors (Lipinski definition) is 4. The number of anilines is 1. The first-order valence-corrected chi connectivity index (χ1v) is 11.0. The molecular formula is C20H24FN3O3S. The molecule has 0 radical (unpaired) electrons. The second-order valence-corrected chi connectivity index (χ2v) is 8.85.